The molecule has 3 rings (SSSR count). The Morgan fingerprint density at radius 2 is 1.70 bits per heavy atom. The first-order chi connectivity index (χ1) is 14.3. The van der Waals surface area contributed by atoms with Crippen LogP contribution in [-0.4, -0.2) is 44.2 Å². The predicted molar refractivity (Wildman–Crippen MR) is 116 cm³/mol. The first kappa shape index (κ1) is 22.3. The van der Waals surface area contributed by atoms with E-state index in [4.69, 9.17) is 11.6 Å². The quantitative estimate of drug-likeness (QED) is 0.707. The Morgan fingerprint density at radius 1 is 1.03 bits per heavy atom. The number of hydrogen-bond donors (Lipinski definition) is 2. The first-order valence-corrected chi connectivity index (χ1v) is 11.5. The number of aryl methyl sites for hydroxylation is 1. The van der Waals surface area contributed by atoms with Crippen molar-refractivity contribution in [2.45, 2.75) is 31.1 Å². The van der Waals surface area contributed by atoms with Crippen molar-refractivity contribution < 1.29 is 18.0 Å². The van der Waals surface area contributed by atoms with Crippen molar-refractivity contribution in [3.63, 3.8) is 0 Å². The number of carbonyl (C=O) groups excluding carboxylic acids is 2. The summed E-state index contributed by atoms with van der Waals surface area (Å²) in [6, 6.07) is 11.1. The topological polar surface area (TPSA) is 95.6 Å². The standard InChI is InChI=1S/C21H24ClN3O4S/c1-15-5-10-18(13-19(15)30(28,29)25-11-3-2-4-12-25)24-20(26)14-23-21(27)16-6-8-17(22)9-7-16/h5-10,13H,2-4,11-12,14H2,1H3,(H,23,27)(H,24,26). The molecular weight excluding hydrogens is 426 g/mol. The second kappa shape index (κ2) is 9.59. The molecule has 0 spiro atoms. The molecule has 1 fully saturated rings. The third kappa shape index (κ3) is 5.38. The largest absolute Gasteiger partial charge is 0.343 e. The molecule has 2 amide bonds. The smallest absolute Gasteiger partial charge is 0.251 e. The summed E-state index contributed by atoms with van der Waals surface area (Å²) < 4.78 is 27.5. The van der Waals surface area contributed by atoms with Crippen LogP contribution in [0.15, 0.2) is 47.4 Å². The molecular formula is C21H24ClN3O4S. The number of hydrogen-bond acceptors (Lipinski definition) is 4. The molecule has 0 atom stereocenters. The third-order valence-electron chi connectivity index (χ3n) is 4.92. The van der Waals surface area contributed by atoms with Gasteiger partial charge in [0, 0.05) is 29.4 Å². The number of piperidine rings is 1. The second-order valence-corrected chi connectivity index (χ2v) is 9.53. The molecule has 0 unspecified atom stereocenters. The highest BCUT2D eigenvalue weighted by atomic mass is 35.5. The van der Waals surface area contributed by atoms with Gasteiger partial charge in [-0.2, -0.15) is 4.31 Å². The third-order valence-corrected chi connectivity index (χ3v) is 7.21. The summed E-state index contributed by atoms with van der Waals surface area (Å²) in [4.78, 5) is 24.5. The summed E-state index contributed by atoms with van der Waals surface area (Å²) in [7, 11) is -3.61. The highest BCUT2D eigenvalue weighted by Crippen LogP contribution is 2.26. The Kier molecular flexibility index (Phi) is 7.12. The average Bonchev–Trinajstić information content (AvgIpc) is 2.74. The van der Waals surface area contributed by atoms with Crippen LogP contribution in [0.5, 0.6) is 0 Å². The zero-order valence-corrected chi connectivity index (χ0v) is 18.2. The van der Waals surface area contributed by atoms with Crippen molar-refractivity contribution in [3.05, 3.63) is 58.6 Å². The normalized spacial score (nSPS) is 14.9. The molecule has 2 aromatic rings. The van der Waals surface area contributed by atoms with Crippen molar-refractivity contribution in [2.75, 3.05) is 25.0 Å². The van der Waals surface area contributed by atoms with E-state index in [2.05, 4.69) is 10.6 Å². The lowest BCUT2D eigenvalue weighted by Crippen LogP contribution is -2.36. The monoisotopic (exact) mass is 449 g/mol. The number of nitrogens with one attached hydrogen (secondary N) is 2. The highest BCUT2D eigenvalue weighted by molar-refractivity contribution is 7.89. The lowest BCUT2D eigenvalue weighted by atomic mass is 10.2. The van der Waals surface area contributed by atoms with Crippen LogP contribution < -0.4 is 10.6 Å². The zero-order valence-electron chi connectivity index (χ0n) is 16.7. The SMILES string of the molecule is Cc1ccc(NC(=O)CNC(=O)c2ccc(Cl)cc2)cc1S(=O)(=O)N1CCCCC1. The number of anilines is 1. The molecule has 2 aromatic carbocycles. The summed E-state index contributed by atoms with van der Waals surface area (Å²) in [6.45, 7) is 2.50. The molecule has 1 heterocycles. The fourth-order valence-electron chi connectivity index (χ4n) is 3.27. The summed E-state index contributed by atoms with van der Waals surface area (Å²) >= 11 is 5.80. The van der Waals surface area contributed by atoms with Gasteiger partial charge in [-0.3, -0.25) is 9.59 Å². The van der Waals surface area contributed by atoms with E-state index in [0.717, 1.165) is 19.3 Å². The van der Waals surface area contributed by atoms with E-state index >= 15 is 0 Å². The maximum atomic E-state index is 13.0. The number of amides is 2. The van der Waals surface area contributed by atoms with Gasteiger partial charge in [0.15, 0.2) is 0 Å². The van der Waals surface area contributed by atoms with Gasteiger partial charge >= 0.3 is 0 Å². The minimum absolute atomic E-state index is 0.187. The van der Waals surface area contributed by atoms with Crippen LogP contribution in [0.4, 0.5) is 5.69 Å². The fourth-order valence-corrected chi connectivity index (χ4v) is 5.16. The van der Waals surface area contributed by atoms with E-state index in [1.807, 2.05) is 0 Å². The highest BCUT2D eigenvalue weighted by Gasteiger charge is 2.27. The number of halogens is 1. The van der Waals surface area contributed by atoms with Gasteiger partial charge in [0.25, 0.3) is 5.91 Å². The molecule has 2 N–H and O–H groups in total. The molecule has 0 bridgehead atoms. The maximum absolute atomic E-state index is 13.0. The van der Waals surface area contributed by atoms with Gasteiger partial charge in [-0.1, -0.05) is 24.1 Å². The van der Waals surface area contributed by atoms with E-state index in [-0.39, 0.29) is 11.4 Å². The molecule has 7 nitrogen and oxygen atoms in total. The predicted octanol–water partition coefficient (Wildman–Crippen LogP) is 3.19. The van der Waals surface area contributed by atoms with Gasteiger partial charge < -0.3 is 10.6 Å². The molecule has 1 aliphatic rings. The van der Waals surface area contributed by atoms with Crippen molar-refractivity contribution in [1.29, 1.82) is 0 Å². The van der Waals surface area contributed by atoms with E-state index in [9.17, 15) is 18.0 Å². The van der Waals surface area contributed by atoms with Crippen LogP contribution in [0.3, 0.4) is 0 Å². The van der Waals surface area contributed by atoms with Gasteiger partial charge in [-0.05, 0) is 61.7 Å². The van der Waals surface area contributed by atoms with E-state index in [1.54, 1.807) is 43.3 Å². The lowest BCUT2D eigenvalue weighted by Gasteiger charge is -2.26. The zero-order chi connectivity index (χ0) is 21.7. The lowest BCUT2D eigenvalue weighted by molar-refractivity contribution is -0.115. The van der Waals surface area contributed by atoms with Crippen LogP contribution in [0.25, 0.3) is 0 Å². The Hall–Kier alpha value is -2.42. The number of rotatable bonds is 6. The minimum atomic E-state index is -3.61. The van der Waals surface area contributed by atoms with Crippen LogP contribution in [-0.2, 0) is 14.8 Å². The van der Waals surface area contributed by atoms with E-state index in [0.29, 0.717) is 34.9 Å². The molecule has 0 saturated carbocycles. The molecule has 0 aromatic heterocycles. The number of carbonyl (C=O) groups is 2. The second-order valence-electron chi connectivity index (χ2n) is 7.18. The Morgan fingerprint density at radius 3 is 2.37 bits per heavy atom. The Balaban J connectivity index is 1.65. The molecule has 0 radical (unpaired) electrons. The Labute approximate surface area is 181 Å². The molecule has 0 aliphatic carbocycles. The average molecular weight is 450 g/mol. The fraction of sp³-hybridized carbons (Fsp3) is 0.333. The molecule has 30 heavy (non-hydrogen) atoms. The van der Waals surface area contributed by atoms with Gasteiger partial charge in [0.2, 0.25) is 15.9 Å². The van der Waals surface area contributed by atoms with Gasteiger partial charge in [-0.25, -0.2) is 8.42 Å². The van der Waals surface area contributed by atoms with Crippen molar-refractivity contribution in [1.82, 2.24) is 9.62 Å². The van der Waals surface area contributed by atoms with Crippen LogP contribution in [0.1, 0.15) is 35.2 Å². The summed E-state index contributed by atoms with van der Waals surface area (Å²) in [5.74, 6) is -0.860. The molecule has 9 heteroatoms. The summed E-state index contributed by atoms with van der Waals surface area (Å²) in [5, 5.41) is 5.68. The number of nitrogens with zero attached hydrogens (tertiary/aromatic N) is 1. The first-order valence-electron chi connectivity index (χ1n) is 9.72. The van der Waals surface area contributed by atoms with Crippen LogP contribution in [0, 0.1) is 6.92 Å². The van der Waals surface area contributed by atoms with E-state index in [1.165, 1.54) is 10.4 Å². The summed E-state index contributed by atoms with van der Waals surface area (Å²) in [5.41, 5.74) is 1.37. The maximum Gasteiger partial charge on any atom is 0.251 e. The van der Waals surface area contributed by atoms with Gasteiger partial charge in [-0.15, -0.1) is 0 Å². The van der Waals surface area contributed by atoms with E-state index < -0.39 is 21.8 Å². The number of benzene rings is 2. The number of sulfonamides is 1. The summed E-state index contributed by atoms with van der Waals surface area (Å²) in [6.07, 6.45) is 2.73. The van der Waals surface area contributed by atoms with Crippen molar-refractivity contribution in [3.8, 4) is 0 Å². The van der Waals surface area contributed by atoms with Crippen LogP contribution >= 0.6 is 11.6 Å². The Bertz CT molecular complexity index is 1030. The molecule has 160 valence electrons. The molecule has 1 saturated heterocycles. The van der Waals surface area contributed by atoms with Gasteiger partial charge in [0.05, 0.1) is 11.4 Å². The van der Waals surface area contributed by atoms with Crippen molar-refractivity contribution in [2.24, 2.45) is 0 Å². The van der Waals surface area contributed by atoms with Crippen LogP contribution in [0.2, 0.25) is 5.02 Å². The molecule has 1 aliphatic heterocycles. The van der Waals surface area contributed by atoms with Crippen molar-refractivity contribution >= 4 is 39.1 Å². The minimum Gasteiger partial charge on any atom is -0.343 e. The van der Waals surface area contributed by atoms with Gasteiger partial charge in [0.1, 0.15) is 0 Å².